The van der Waals surface area contributed by atoms with Gasteiger partial charge in [-0.05, 0) is 18.4 Å². The molecule has 0 radical (unpaired) electrons. The van der Waals surface area contributed by atoms with Crippen molar-refractivity contribution in [3.63, 3.8) is 0 Å². The van der Waals surface area contributed by atoms with E-state index in [1.165, 1.54) is 9.75 Å². The van der Waals surface area contributed by atoms with Crippen molar-refractivity contribution in [1.82, 2.24) is 14.5 Å². The van der Waals surface area contributed by atoms with Crippen LogP contribution in [0, 0.1) is 6.92 Å². The maximum absolute atomic E-state index is 4.44. The Morgan fingerprint density at radius 1 is 1.28 bits per heavy atom. The highest BCUT2D eigenvalue weighted by Crippen LogP contribution is 2.23. The molecule has 0 unspecified atom stereocenters. The molecule has 92 valence electrons. The predicted molar refractivity (Wildman–Crippen MR) is 76.1 cm³/mol. The van der Waals surface area contributed by atoms with Crippen molar-refractivity contribution in [2.75, 3.05) is 0 Å². The third-order valence-electron chi connectivity index (χ3n) is 2.88. The fourth-order valence-electron chi connectivity index (χ4n) is 1.91. The first-order chi connectivity index (χ1) is 8.84. The van der Waals surface area contributed by atoms with Gasteiger partial charge in [0, 0.05) is 30.2 Å². The Morgan fingerprint density at radius 2 is 2.22 bits per heavy atom. The van der Waals surface area contributed by atoms with Crippen LogP contribution in [0.1, 0.15) is 10.6 Å². The van der Waals surface area contributed by atoms with Crippen LogP contribution in [-0.2, 0) is 13.0 Å². The molecule has 3 nitrogen and oxygen atoms in total. The maximum Gasteiger partial charge on any atom is 0.149 e. The molecule has 0 saturated heterocycles. The Morgan fingerprint density at radius 3 is 2.94 bits per heavy atom. The van der Waals surface area contributed by atoms with E-state index in [2.05, 4.69) is 39.0 Å². The first-order valence-electron chi connectivity index (χ1n) is 5.78. The first kappa shape index (κ1) is 11.6. The molecule has 0 bridgehead atoms. The van der Waals surface area contributed by atoms with Gasteiger partial charge in [-0.1, -0.05) is 6.07 Å². The lowest BCUT2D eigenvalue weighted by molar-refractivity contribution is 0.707. The molecule has 0 fully saturated rings. The van der Waals surface area contributed by atoms with E-state index < -0.39 is 0 Å². The molecule has 3 aromatic rings. The lowest BCUT2D eigenvalue weighted by Gasteiger charge is -2.05. The second-order valence-electron chi connectivity index (χ2n) is 4.03. The molecule has 0 aliphatic rings. The molecule has 0 N–H and O–H groups in total. The SMILES string of the molecule is Cc1ncsc1CCn1ccnc1-c1cccs1. The van der Waals surface area contributed by atoms with E-state index in [4.69, 9.17) is 0 Å². The summed E-state index contributed by atoms with van der Waals surface area (Å²) in [7, 11) is 0. The van der Waals surface area contributed by atoms with E-state index >= 15 is 0 Å². The molecule has 0 spiro atoms. The van der Waals surface area contributed by atoms with Gasteiger partial charge < -0.3 is 4.57 Å². The normalized spacial score (nSPS) is 10.9. The minimum atomic E-state index is 0.955. The van der Waals surface area contributed by atoms with Crippen LogP contribution in [0.5, 0.6) is 0 Å². The number of aromatic nitrogens is 3. The third-order valence-corrected chi connectivity index (χ3v) is 4.74. The van der Waals surface area contributed by atoms with Crippen molar-refractivity contribution >= 4 is 22.7 Å². The summed E-state index contributed by atoms with van der Waals surface area (Å²) in [5, 5.41) is 2.09. The van der Waals surface area contributed by atoms with Gasteiger partial charge in [-0.15, -0.1) is 22.7 Å². The largest absolute Gasteiger partial charge is 0.330 e. The molecule has 0 amide bonds. The van der Waals surface area contributed by atoms with Crippen molar-refractivity contribution in [3.05, 3.63) is 46.0 Å². The Labute approximate surface area is 114 Å². The van der Waals surface area contributed by atoms with E-state index in [1.807, 2.05) is 17.9 Å². The highest BCUT2D eigenvalue weighted by molar-refractivity contribution is 7.13. The molecule has 0 aromatic carbocycles. The van der Waals surface area contributed by atoms with E-state index in [1.54, 1.807) is 22.7 Å². The van der Waals surface area contributed by atoms with Crippen LogP contribution < -0.4 is 0 Å². The molecule has 3 aromatic heterocycles. The lowest BCUT2D eigenvalue weighted by atomic mass is 10.3. The monoisotopic (exact) mass is 275 g/mol. The van der Waals surface area contributed by atoms with E-state index in [0.717, 1.165) is 24.5 Å². The van der Waals surface area contributed by atoms with Crippen LogP contribution in [-0.4, -0.2) is 14.5 Å². The third kappa shape index (κ3) is 2.23. The number of hydrogen-bond acceptors (Lipinski definition) is 4. The van der Waals surface area contributed by atoms with E-state index in [0.29, 0.717) is 0 Å². The Hall–Kier alpha value is -1.46. The number of imidazole rings is 1. The summed E-state index contributed by atoms with van der Waals surface area (Å²) < 4.78 is 2.21. The van der Waals surface area contributed by atoms with Gasteiger partial charge >= 0.3 is 0 Å². The molecule has 5 heteroatoms. The zero-order valence-corrected chi connectivity index (χ0v) is 11.7. The summed E-state index contributed by atoms with van der Waals surface area (Å²) in [6.45, 7) is 3.02. The van der Waals surface area contributed by atoms with Crippen LogP contribution in [0.4, 0.5) is 0 Å². The molecular formula is C13H13N3S2. The number of thiazole rings is 1. The maximum atomic E-state index is 4.44. The van der Waals surface area contributed by atoms with Crippen LogP contribution in [0.25, 0.3) is 10.7 Å². The minimum Gasteiger partial charge on any atom is -0.330 e. The van der Waals surface area contributed by atoms with Gasteiger partial charge in [0.1, 0.15) is 5.82 Å². The Bertz CT molecular complexity index is 622. The number of aryl methyl sites for hydroxylation is 3. The molecule has 18 heavy (non-hydrogen) atoms. The summed E-state index contributed by atoms with van der Waals surface area (Å²) in [4.78, 5) is 11.3. The zero-order chi connectivity index (χ0) is 12.4. The summed E-state index contributed by atoms with van der Waals surface area (Å²) >= 11 is 3.46. The molecule has 3 rings (SSSR count). The zero-order valence-electron chi connectivity index (χ0n) is 10.0. The van der Waals surface area contributed by atoms with Crippen molar-refractivity contribution in [2.24, 2.45) is 0 Å². The number of nitrogens with zero attached hydrogens (tertiary/aromatic N) is 3. The fourth-order valence-corrected chi connectivity index (χ4v) is 3.42. The van der Waals surface area contributed by atoms with Gasteiger partial charge in [0.25, 0.3) is 0 Å². The van der Waals surface area contributed by atoms with Crippen molar-refractivity contribution in [3.8, 4) is 10.7 Å². The first-order valence-corrected chi connectivity index (χ1v) is 7.54. The smallest absolute Gasteiger partial charge is 0.149 e. The van der Waals surface area contributed by atoms with E-state index in [-0.39, 0.29) is 0 Å². The highest BCUT2D eigenvalue weighted by atomic mass is 32.1. The van der Waals surface area contributed by atoms with E-state index in [9.17, 15) is 0 Å². The topological polar surface area (TPSA) is 30.7 Å². The van der Waals surface area contributed by atoms with Gasteiger partial charge in [0.2, 0.25) is 0 Å². The summed E-state index contributed by atoms with van der Waals surface area (Å²) in [5.74, 6) is 1.06. The summed E-state index contributed by atoms with van der Waals surface area (Å²) in [5.41, 5.74) is 3.07. The second-order valence-corrected chi connectivity index (χ2v) is 5.92. The van der Waals surface area contributed by atoms with Gasteiger partial charge in [-0.25, -0.2) is 9.97 Å². The minimum absolute atomic E-state index is 0.955. The van der Waals surface area contributed by atoms with Crippen LogP contribution in [0.3, 0.4) is 0 Å². The van der Waals surface area contributed by atoms with Gasteiger partial charge in [0.05, 0.1) is 16.1 Å². The van der Waals surface area contributed by atoms with Crippen molar-refractivity contribution < 1.29 is 0 Å². The van der Waals surface area contributed by atoms with Gasteiger partial charge in [-0.3, -0.25) is 0 Å². The molecule has 3 heterocycles. The molecule has 0 aliphatic heterocycles. The number of thiophene rings is 1. The van der Waals surface area contributed by atoms with Crippen LogP contribution >= 0.6 is 22.7 Å². The average Bonchev–Trinajstić information content (AvgIpc) is 3.07. The Kier molecular flexibility index (Phi) is 3.25. The highest BCUT2D eigenvalue weighted by Gasteiger charge is 2.08. The molecule has 0 aliphatic carbocycles. The van der Waals surface area contributed by atoms with Gasteiger partial charge in [0.15, 0.2) is 0 Å². The molecule has 0 atom stereocenters. The average molecular weight is 275 g/mol. The standard InChI is InChI=1S/C13H13N3S2/c1-10-11(18-9-15-10)4-6-16-7-5-14-13(16)12-3-2-8-17-12/h2-3,5,7-9H,4,6H2,1H3. The number of rotatable bonds is 4. The van der Waals surface area contributed by atoms with Crippen LogP contribution in [0.2, 0.25) is 0 Å². The second kappa shape index (κ2) is 5.04. The Balaban J connectivity index is 1.78. The predicted octanol–water partition coefficient (Wildman–Crippen LogP) is 3.62. The van der Waals surface area contributed by atoms with Gasteiger partial charge in [-0.2, -0.15) is 0 Å². The lowest BCUT2D eigenvalue weighted by Crippen LogP contribution is -2.01. The molecular weight excluding hydrogens is 262 g/mol. The van der Waals surface area contributed by atoms with Crippen molar-refractivity contribution in [1.29, 1.82) is 0 Å². The molecule has 0 saturated carbocycles. The number of hydrogen-bond donors (Lipinski definition) is 0. The fraction of sp³-hybridized carbons (Fsp3) is 0.231. The van der Waals surface area contributed by atoms with Crippen molar-refractivity contribution in [2.45, 2.75) is 19.9 Å². The van der Waals surface area contributed by atoms with Crippen LogP contribution in [0.15, 0.2) is 35.4 Å². The quantitative estimate of drug-likeness (QED) is 0.728. The summed E-state index contributed by atoms with van der Waals surface area (Å²) in [6.07, 6.45) is 4.94. The summed E-state index contributed by atoms with van der Waals surface area (Å²) in [6, 6.07) is 4.17.